The summed E-state index contributed by atoms with van der Waals surface area (Å²) in [5, 5.41) is 11.6. The van der Waals surface area contributed by atoms with Gasteiger partial charge in [-0.1, -0.05) is 6.07 Å². The lowest BCUT2D eigenvalue weighted by molar-refractivity contribution is -0.120. The molecule has 104 valence electrons. The van der Waals surface area contributed by atoms with Crippen molar-refractivity contribution < 1.29 is 14.7 Å². The van der Waals surface area contributed by atoms with Crippen LogP contribution in [0.15, 0.2) is 23.1 Å². The van der Waals surface area contributed by atoms with Gasteiger partial charge in [-0.2, -0.15) is 0 Å². The molecule has 0 saturated carbocycles. The maximum Gasteiger partial charge on any atom is 0.335 e. The fourth-order valence-electron chi connectivity index (χ4n) is 1.56. The second-order valence-corrected chi connectivity index (χ2v) is 6.12. The Morgan fingerprint density at radius 1 is 1.26 bits per heavy atom. The number of amides is 1. The zero-order valence-corrected chi connectivity index (χ0v) is 12.4. The fraction of sp³-hybridized carbons (Fsp3) is 0.429. The van der Waals surface area contributed by atoms with E-state index in [-0.39, 0.29) is 22.8 Å². The van der Waals surface area contributed by atoms with Crippen LogP contribution in [0.25, 0.3) is 0 Å². The largest absolute Gasteiger partial charge is 0.478 e. The molecule has 19 heavy (non-hydrogen) atoms. The van der Waals surface area contributed by atoms with Gasteiger partial charge in [-0.05, 0) is 45.4 Å². The highest BCUT2D eigenvalue weighted by Crippen LogP contribution is 2.25. The summed E-state index contributed by atoms with van der Waals surface area (Å²) in [5.41, 5.74) is 0.998. The number of carbonyl (C=O) groups is 2. The number of hydrogen-bond acceptors (Lipinski definition) is 3. The number of benzene rings is 1. The number of aryl methyl sites for hydroxylation is 1. The zero-order valence-electron chi connectivity index (χ0n) is 11.6. The van der Waals surface area contributed by atoms with E-state index in [9.17, 15) is 9.59 Å². The lowest BCUT2D eigenvalue weighted by Crippen LogP contribution is -2.35. The lowest BCUT2D eigenvalue weighted by Gasteiger charge is -2.14. The number of hydrogen-bond donors (Lipinski definition) is 2. The second kappa shape index (κ2) is 6.61. The summed E-state index contributed by atoms with van der Waals surface area (Å²) < 4.78 is 0. The molecule has 5 heteroatoms. The minimum atomic E-state index is -0.945. The van der Waals surface area contributed by atoms with Crippen LogP contribution in [-0.4, -0.2) is 28.3 Å². The quantitative estimate of drug-likeness (QED) is 0.814. The molecule has 0 heterocycles. The molecule has 2 N–H and O–H groups in total. The highest BCUT2D eigenvalue weighted by atomic mass is 32.2. The first-order valence-electron chi connectivity index (χ1n) is 6.12. The van der Waals surface area contributed by atoms with Crippen molar-refractivity contribution in [2.45, 2.75) is 43.9 Å². The van der Waals surface area contributed by atoms with Gasteiger partial charge in [0.2, 0.25) is 5.91 Å². The van der Waals surface area contributed by atoms with E-state index in [1.54, 1.807) is 19.1 Å². The maximum atomic E-state index is 11.8. The molecule has 0 aliphatic rings. The van der Waals surface area contributed by atoms with E-state index in [2.05, 4.69) is 5.32 Å². The molecule has 0 bridgehead atoms. The second-order valence-electron chi connectivity index (χ2n) is 4.71. The van der Waals surface area contributed by atoms with Crippen LogP contribution in [0.4, 0.5) is 0 Å². The van der Waals surface area contributed by atoms with E-state index in [1.165, 1.54) is 11.8 Å². The number of carboxylic acid groups (broad SMARTS) is 1. The molecule has 0 fully saturated rings. The number of aromatic carboxylic acids is 1. The van der Waals surface area contributed by atoms with Gasteiger partial charge in [-0.25, -0.2) is 4.79 Å². The lowest BCUT2D eigenvalue weighted by atomic mass is 10.1. The Morgan fingerprint density at radius 3 is 2.42 bits per heavy atom. The third-order valence-electron chi connectivity index (χ3n) is 2.55. The Labute approximate surface area is 117 Å². The van der Waals surface area contributed by atoms with Gasteiger partial charge in [0, 0.05) is 10.9 Å². The predicted molar refractivity (Wildman–Crippen MR) is 76.7 cm³/mol. The Hall–Kier alpha value is -1.49. The molecule has 1 unspecified atom stereocenters. The molecule has 0 radical (unpaired) electrons. The average molecular weight is 281 g/mol. The van der Waals surface area contributed by atoms with E-state index in [4.69, 9.17) is 5.11 Å². The van der Waals surface area contributed by atoms with Crippen molar-refractivity contribution in [1.82, 2.24) is 5.32 Å². The summed E-state index contributed by atoms with van der Waals surface area (Å²) in [4.78, 5) is 23.6. The molecule has 1 amide bonds. The Bertz CT molecular complexity index is 486. The number of carbonyl (C=O) groups excluding carboxylic acids is 1. The van der Waals surface area contributed by atoms with E-state index in [0.717, 1.165) is 10.5 Å². The third-order valence-corrected chi connectivity index (χ3v) is 3.65. The van der Waals surface area contributed by atoms with Gasteiger partial charge in [0.1, 0.15) is 0 Å². The molecule has 0 saturated heterocycles. The smallest absolute Gasteiger partial charge is 0.335 e. The van der Waals surface area contributed by atoms with Crippen LogP contribution in [0.5, 0.6) is 0 Å². The van der Waals surface area contributed by atoms with Gasteiger partial charge in [0.05, 0.1) is 10.8 Å². The first-order valence-corrected chi connectivity index (χ1v) is 7.00. The summed E-state index contributed by atoms with van der Waals surface area (Å²) in [7, 11) is 0. The van der Waals surface area contributed by atoms with Gasteiger partial charge >= 0.3 is 5.97 Å². The number of thioether (sulfide) groups is 1. The van der Waals surface area contributed by atoms with E-state index >= 15 is 0 Å². The molecule has 1 rings (SSSR count). The minimum Gasteiger partial charge on any atom is -0.478 e. The number of rotatable bonds is 5. The van der Waals surface area contributed by atoms with Gasteiger partial charge in [-0.3, -0.25) is 4.79 Å². The van der Waals surface area contributed by atoms with E-state index < -0.39 is 5.97 Å². The Morgan fingerprint density at radius 2 is 1.89 bits per heavy atom. The van der Waals surface area contributed by atoms with E-state index in [1.807, 2.05) is 26.8 Å². The molecule has 1 aromatic rings. The van der Waals surface area contributed by atoms with Crippen LogP contribution < -0.4 is 5.32 Å². The molecule has 0 spiro atoms. The fourth-order valence-corrected chi connectivity index (χ4v) is 2.48. The predicted octanol–water partition coefficient (Wildman–Crippen LogP) is 2.70. The number of nitrogens with one attached hydrogen (secondary N) is 1. The van der Waals surface area contributed by atoms with E-state index in [0.29, 0.717) is 0 Å². The average Bonchev–Trinajstić information content (AvgIpc) is 2.30. The summed E-state index contributed by atoms with van der Waals surface area (Å²) in [6.45, 7) is 7.38. The molecular formula is C14H19NO3S. The summed E-state index contributed by atoms with van der Waals surface area (Å²) in [6, 6.07) is 5.31. The molecule has 0 aliphatic heterocycles. The van der Waals surface area contributed by atoms with Crippen molar-refractivity contribution >= 4 is 23.6 Å². The van der Waals surface area contributed by atoms with Crippen molar-refractivity contribution in [3.8, 4) is 0 Å². The van der Waals surface area contributed by atoms with Crippen LogP contribution in [0.3, 0.4) is 0 Å². The minimum absolute atomic E-state index is 0.0440. The van der Waals surface area contributed by atoms with Crippen LogP contribution in [0, 0.1) is 6.92 Å². The van der Waals surface area contributed by atoms with Crippen LogP contribution >= 0.6 is 11.8 Å². The first kappa shape index (κ1) is 15.6. The van der Waals surface area contributed by atoms with Crippen LogP contribution in [0.1, 0.15) is 36.7 Å². The van der Waals surface area contributed by atoms with Crippen molar-refractivity contribution in [2.24, 2.45) is 0 Å². The van der Waals surface area contributed by atoms with Crippen molar-refractivity contribution in [1.29, 1.82) is 0 Å². The van der Waals surface area contributed by atoms with Crippen LogP contribution in [-0.2, 0) is 4.79 Å². The van der Waals surface area contributed by atoms with Crippen LogP contribution in [0.2, 0.25) is 0 Å². The molecular weight excluding hydrogens is 262 g/mol. The zero-order chi connectivity index (χ0) is 14.6. The molecule has 4 nitrogen and oxygen atoms in total. The number of carboxylic acids is 1. The highest BCUT2D eigenvalue weighted by Gasteiger charge is 2.16. The first-order chi connectivity index (χ1) is 8.81. The van der Waals surface area contributed by atoms with Crippen molar-refractivity contribution in [2.75, 3.05) is 0 Å². The van der Waals surface area contributed by atoms with Gasteiger partial charge in [-0.15, -0.1) is 11.8 Å². The Balaban J connectivity index is 2.80. The monoisotopic (exact) mass is 281 g/mol. The van der Waals surface area contributed by atoms with Crippen molar-refractivity contribution in [3.05, 3.63) is 29.3 Å². The van der Waals surface area contributed by atoms with Gasteiger partial charge in [0.25, 0.3) is 0 Å². The van der Waals surface area contributed by atoms with Crippen molar-refractivity contribution in [3.63, 3.8) is 0 Å². The maximum absolute atomic E-state index is 11.8. The SMILES string of the molecule is Cc1ccc(SC(C)C(=O)NC(C)C)cc1C(=O)O. The standard InChI is InChI=1S/C14H19NO3S/c1-8(2)15-13(16)10(4)19-11-6-5-9(3)12(7-11)14(17)18/h5-8,10H,1-4H3,(H,15,16)(H,17,18). The molecule has 0 aromatic heterocycles. The van der Waals surface area contributed by atoms with Gasteiger partial charge in [0.15, 0.2) is 0 Å². The highest BCUT2D eigenvalue weighted by molar-refractivity contribution is 8.00. The normalized spacial score (nSPS) is 12.3. The Kier molecular flexibility index (Phi) is 5.42. The third kappa shape index (κ3) is 4.59. The van der Waals surface area contributed by atoms with Gasteiger partial charge < -0.3 is 10.4 Å². The summed E-state index contributed by atoms with van der Waals surface area (Å²) >= 11 is 1.36. The topological polar surface area (TPSA) is 66.4 Å². The molecule has 1 aromatic carbocycles. The molecule has 1 atom stereocenters. The summed E-state index contributed by atoms with van der Waals surface area (Å²) in [6.07, 6.45) is 0. The molecule has 0 aliphatic carbocycles. The summed E-state index contributed by atoms with van der Waals surface area (Å²) in [5.74, 6) is -0.989.